The van der Waals surface area contributed by atoms with E-state index in [0.29, 0.717) is 18.6 Å². The number of aliphatic carboxylic acids is 1. The number of carboxylic acid groups (broad SMARTS) is 1. The van der Waals surface area contributed by atoms with E-state index in [2.05, 4.69) is 5.32 Å². The molecule has 3 rings (SSSR count). The fraction of sp³-hybridized carbons (Fsp3) is 0.412. The van der Waals surface area contributed by atoms with E-state index in [0.717, 1.165) is 17.4 Å². The Kier molecular flexibility index (Phi) is 3.64. The van der Waals surface area contributed by atoms with Crippen LogP contribution in [-0.2, 0) is 9.59 Å². The number of amides is 1. The van der Waals surface area contributed by atoms with Gasteiger partial charge >= 0.3 is 5.97 Å². The molecular formula is C17H19NO4. The summed E-state index contributed by atoms with van der Waals surface area (Å²) in [5, 5.41) is 13.1. The van der Waals surface area contributed by atoms with Gasteiger partial charge in [0.05, 0.1) is 11.5 Å². The van der Waals surface area contributed by atoms with Crippen LogP contribution in [0.5, 0.6) is 0 Å². The molecule has 1 fully saturated rings. The average Bonchev–Trinajstić information content (AvgIpc) is 2.86. The van der Waals surface area contributed by atoms with Crippen molar-refractivity contribution < 1.29 is 19.1 Å². The van der Waals surface area contributed by atoms with E-state index in [-0.39, 0.29) is 18.4 Å². The molecule has 1 aromatic carbocycles. The van der Waals surface area contributed by atoms with Gasteiger partial charge in [-0.1, -0.05) is 24.6 Å². The fourth-order valence-corrected chi connectivity index (χ4v) is 2.96. The lowest BCUT2D eigenvalue weighted by molar-refractivity contribution is -0.157. The predicted octanol–water partition coefficient (Wildman–Crippen LogP) is 3.26. The van der Waals surface area contributed by atoms with Gasteiger partial charge in [-0.2, -0.15) is 0 Å². The van der Waals surface area contributed by atoms with Crippen molar-refractivity contribution in [2.45, 2.75) is 38.6 Å². The minimum atomic E-state index is -0.870. The summed E-state index contributed by atoms with van der Waals surface area (Å²) in [6.45, 7) is 1.84. The first kappa shape index (κ1) is 14.6. The highest BCUT2D eigenvalue weighted by molar-refractivity contribution is 5.86. The molecule has 116 valence electrons. The van der Waals surface area contributed by atoms with Crippen molar-refractivity contribution >= 4 is 22.8 Å². The van der Waals surface area contributed by atoms with Gasteiger partial charge in [0, 0.05) is 11.8 Å². The second kappa shape index (κ2) is 5.48. The summed E-state index contributed by atoms with van der Waals surface area (Å²) in [6.07, 6.45) is 2.06. The Morgan fingerprint density at radius 2 is 2.09 bits per heavy atom. The van der Waals surface area contributed by atoms with Gasteiger partial charge in [-0.05, 0) is 31.9 Å². The van der Waals surface area contributed by atoms with Crippen molar-refractivity contribution in [3.63, 3.8) is 0 Å². The highest BCUT2D eigenvalue weighted by Gasteiger charge is 2.46. The van der Waals surface area contributed by atoms with E-state index < -0.39 is 11.4 Å². The molecule has 1 aliphatic rings. The van der Waals surface area contributed by atoms with Gasteiger partial charge in [0.25, 0.3) is 0 Å². The zero-order valence-corrected chi connectivity index (χ0v) is 12.5. The summed E-state index contributed by atoms with van der Waals surface area (Å²) in [4.78, 5) is 23.5. The quantitative estimate of drug-likeness (QED) is 0.888. The minimum Gasteiger partial charge on any atom is -0.481 e. The Balaban J connectivity index is 1.67. The second-order valence-corrected chi connectivity index (χ2v) is 6.09. The van der Waals surface area contributed by atoms with Gasteiger partial charge < -0.3 is 14.8 Å². The molecule has 0 aliphatic heterocycles. The van der Waals surface area contributed by atoms with E-state index in [1.807, 2.05) is 37.3 Å². The molecule has 0 bridgehead atoms. The van der Waals surface area contributed by atoms with Crippen LogP contribution in [0.2, 0.25) is 0 Å². The second-order valence-electron chi connectivity index (χ2n) is 6.09. The van der Waals surface area contributed by atoms with E-state index in [1.165, 1.54) is 0 Å². The van der Waals surface area contributed by atoms with E-state index in [1.54, 1.807) is 0 Å². The first-order valence-corrected chi connectivity index (χ1v) is 7.51. The Morgan fingerprint density at radius 3 is 2.68 bits per heavy atom. The number of carbonyl (C=O) groups excluding carboxylic acids is 1. The van der Waals surface area contributed by atoms with Crippen molar-refractivity contribution in [3.05, 3.63) is 36.1 Å². The summed E-state index contributed by atoms with van der Waals surface area (Å²) in [7, 11) is 0. The third-order valence-corrected chi connectivity index (χ3v) is 4.51. The molecule has 0 spiro atoms. The maximum absolute atomic E-state index is 12.1. The smallest absolute Gasteiger partial charge is 0.310 e. The highest BCUT2D eigenvalue weighted by Crippen LogP contribution is 2.44. The third-order valence-electron chi connectivity index (χ3n) is 4.51. The topological polar surface area (TPSA) is 79.5 Å². The maximum Gasteiger partial charge on any atom is 0.310 e. The lowest BCUT2D eigenvalue weighted by Gasteiger charge is -2.37. The predicted molar refractivity (Wildman–Crippen MR) is 81.3 cm³/mol. The maximum atomic E-state index is 12.1. The molecule has 1 unspecified atom stereocenters. The highest BCUT2D eigenvalue weighted by atomic mass is 16.4. The molecule has 5 heteroatoms. The van der Waals surface area contributed by atoms with Crippen molar-refractivity contribution in [1.29, 1.82) is 0 Å². The van der Waals surface area contributed by atoms with Crippen LogP contribution < -0.4 is 5.32 Å². The summed E-state index contributed by atoms with van der Waals surface area (Å²) in [6, 6.07) is 9.26. The summed E-state index contributed by atoms with van der Waals surface area (Å²) in [5.74, 6) is -0.437. The standard InChI is InChI=1S/C17H19NO4/c1-11(14-9-12-5-2-3-6-13(12)22-14)18-15(19)10-17(16(20)21)7-4-8-17/h2-3,5-6,9,11H,4,7-8,10H2,1H3,(H,18,19)(H,20,21). The van der Waals surface area contributed by atoms with Crippen LogP contribution in [0.3, 0.4) is 0 Å². The van der Waals surface area contributed by atoms with Crippen LogP contribution in [0.25, 0.3) is 11.0 Å². The van der Waals surface area contributed by atoms with Gasteiger partial charge in [0.15, 0.2) is 0 Å². The molecule has 22 heavy (non-hydrogen) atoms. The van der Waals surface area contributed by atoms with Crippen LogP contribution in [0.15, 0.2) is 34.7 Å². The number of para-hydroxylation sites is 1. The number of furan rings is 1. The third kappa shape index (κ3) is 2.58. The van der Waals surface area contributed by atoms with Gasteiger partial charge in [-0.25, -0.2) is 0 Å². The monoisotopic (exact) mass is 301 g/mol. The molecule has 1 aromatic heterocycles. The number of hydrogen-bond donors (Lipinski definition) is 2. The van der Waals surface area contributed by atoms with Crippen molar-refractivity contribution in [3.8, 4) is 0 Å². The largest absolute Gasteiger partial charge is 0.481 e. The number of fused-ring (bicyclic) bond motifs is 1. The molecule has 2 N–H and O–H groups in total. The van der Waals surface area contributed by atoms with Gasteiger partial charge in [-0.15, -0.1) is 0 Å². The van der Waals surface area contributed by atoms with Gasteiger partial charge in [0.2, 0.25) is 5.91 Å². The molecule has 2 aromatic rings. The number of carboxylic acids is 1. The number of hydrogen-bond acceptors (Lipinski definition) is 3. The molecule has 1 amide bonds. The van der Waals surface area contributed by atoms with Crippen LogP contribution in [-0.4, -0.2) is 17.0 Å². The van der Waals surface area contributed by atoms with Crippen LogP contribution in [0, 0.1) is 5.41 Å². The lowest BCUT2D eigenvalue weighted by Crippen LogP contribution is -2.42. The number of carbonyl (C=O) groups is 2. The first-order valence-electron chi connectivity index (χ1n) is 7.51. The molecular weight excluding hydrogens is 282 g/mol. The van der Waals surface area contributed by atoms with E-state index in [9.17, 15) is 14.7 Å². The number of benzene rings is 1. The number of nitrogens with one attached hydrogen (secondary N) is 1. The van der Waals surface area contributed by atoms with Crippen molar-refractivity contribution in [2.24, 2.45) is 5.41 Å². The van der Waals surface area contributed by atoms with Crippen molar-refractivity contribution in [1.82, 2.24) is 5.32 Å². The van der Waals surface area contributed by atoms with Crippen LogP contribution in [0.1, 0.15) is 44.4 Å². The molecule has 0 radical (unpaired) electrons. The molecule has 1 aliphatic carbocycles. The SMILES string of the molecule is CC(NC(=O)CC1(C(=O)O)CCC1)c1cc2ccccc2o1. The molecule has 1 atom stereocenters. The molecule has 1 saturated carbocycles. The van der Waals surface area contributed by atoms with Gasteiger partial charge in [-0.3, -0.25) is 9.59 Å². The summed E-state index contributed by atoms with van der Waals surface area (Å²) in [5.41, 5.74) is -0.0860. The van der Waals surface area contributed by atoms with Crippen LogP contribution in [0.4, 0.5) is 0 Å². The Bertz CT molecular complexity index is 681. The fourth-order valence-electron chi connectivity index (χ4n) is 2.96. The normalized spacial score (nSPS) is 17.7. The first-order chi connectivity index (χ1) is 10.5. The number of rotatable bonds is 5. The molecule has 0 saturated heterocycles. The zero-order chi connectivity index (χ0) is 15.7. The van der Waals surface area contributed by atoms with E-state index >= 15 is 0 Å². The minimum absolute atomic E-state index is 0.0346. The van der Waals surface area contributed by atoms with E-state index in [4.69, 9.17) is 4.42 Å². The Morgan fingerprint density at radius 1 is 1.36 bits per heavy atom. The lowest BCUT2D eigenvalue weighted by atomic mass is 9.66. The van der Waals surface area contributed by atoms with Crippen molar-refractivity contribution in [2.75, 3.05) is 0 Å². The molecule has 1 heterocycles. The van der Waals surface area contributed by atoms with Gasteiger partial charge in [0.1, 0.15) is 11.3 Å². The molecule has 5 nitrogen and oxygen atoms in total. The average molecular weight is 301 g/mol. The summed E-state index contributed by atoms with van der Waals surface area (Å²) < 4.78 is 5.72. The Labute approximate surface area is 128 Å². The summed E-state index contributed by atoms with van der Waals surface area (Å²) >= 11 is 0. The van der Waals surface area contributed by atoms with Crippen LogP contribution >= 0.6 is 0 Å². The Hall–Kier alpha value is -2.30. The zero-order valence-electron chi connectivity index (χ0n) is 12.5.